The molecule has 0 amide bonds. The number of rotatable bonds is 6. The molecule has 140 valence electrons. The van der Waals surface area contributed by atoms with Crippen molar-refractivity contribution in [2.75, 3.05) is 17.6 Å². The molecule has 1 N–H and O–H groups in total. The number of methoxy groups -OCH3 is 1. The number of hydrogen-bond donors (Lipinski definition) is 1. The van der Waals surface area contributed by atoms with E-state index in [0.29, 0.717) is 11.9 Å². The maximum atomic E-state index is 14.4. The molecule has 0 aromatic heterocycles. The molecule has 2 rings (SSSR count). The predicted octanol–water partition coefficient (Wildman–Crippen LogP) is 2.29. The minimum Gasteiger partial charge on any atom is -0.492 e. The summed E-state index contributed by atoms with van der Waals surface area (Å²) in [7, 11) is -3.12. The van der Waals surface area contributed by atoms with E-state index in [1.54, 1.807) is 6.92 Å². The minimum atomic E-state index is -3.60. The first kappa shape index (κ1) is 20.0. The number of sulfonamides is 1. The molecule has 0 aliphatic carbocycles. The molecule has 1 aliphatic heterocycles. The van der Waals surface area contributed by atoms with Gasteiger partial charge in [0.05, 0.1) is 29.8 Å². The average molecular weight is 373 g/mol. The summed E-state index contributed by atoms with van der Waals surface area (Å²) < 4.78 is 57.8. The summed E-state index contributed by atoms with van der Waals surface area (Å²) in [6, 6.07) is 2.72. The van der Waals surface area contributed by atoms with Crippen LogP contribution in [0.3, 0.4) is 0 Å². The molecule has 0 spiro atoms. The van der Waals surface area contributed by atoms with E-state index in [2.05, 4.69) is 4.72 Å². The summed E-state index contributed by atoms with van der Waals surface area (Å²) in [5.41, 5.74) is -0.766. The van der Waals surface area contributed by atoms with Crippen LogP contribution in [0.2, 0.25) is 0 Å². The van der Waals surface area contributed by atoms with Crippen molar-refractivity contribution in [2.45, 2.75) is 52.2 Å². The Morgan fingerprint density at radius 1 is 1.20 bits per heavy atom. The Morgan fingerprint density at radius 3 is 2.24 bits per heavy atom. The average Bonchev–Trinajstić information content (AvgIpc) is 2.66. The van der Waals surface area contributed by atoms with E-state index >= 15 is 0 Å². The number of ether oxygens (including phenoxy) is 1. The van der Waals surface area contributed by atoms with Crippen molar-refractivity contribution in [3.8, 4) is 5.75 Å². The Kier molecular flexibility index (Phi) is 5.42. The molecule has 0 atom stereocenters. The highest BCUT2D eigenvalue weighted by Crippen LogP contribution is 2.37. The van der Waals surface area contributed by atoms with E-state index in [1.807, 2.05) is 27.7 Å². The van der Waals surface area contributed by atoms with Crippen molar-refractivity contribution in [1.82, 2.24) is 0 Å². The molecule has 0 bridgehead atoms. The SMILES string of the molecule is CCCS(=O)(=O)Nc1cc(B2OC(C)(C)C(C)(C)O2)cc(F)c1OC. The van der Waals surface area contributed by atoms with E-state index in [9.17, 15) is 12.8 Å². The van der Waals surface area contributed by atoms with Gasteiger partial charge in [-0.15, -0.1) is 0 Å². The van der Waals surface area contributed by atoms with Gasteiger partial charge in [0, 0.05) is 0 Å². The van der Waals surface area contributed by atoms with Gasteiger partial charge in [0.25, 0.3) is 0 Å². The largest absolute Gasteiger partial charge is 0.495 e. The number of benzene rings is 1. The Bertz CT molecular complexity index is 735. The molecular formula is C16H25BFNO5S. The van der Waals surface area contributed by atoms with Gasteiger partial charge in [-0.25, -0.2) is 12.8 Å². The number of hydrogen-bond acceptors (Lipinski definition) is 5. The lowest BCUT2D eigenvalue weighted by molar-refractivity contribution is 0.00578. The lowest BCUT2D eigenvalue weighted by Crippen LogP contribution is -2.41. The molecule has 1 aromatic rings. The molecule has 6 nitrogen and oxygen atoms in total. The third-order valence-corrected chi connectivity index (χ3v) is 6.01. The zero-order valence-electron chi connectivity index (χ0n) is 15.5. The van der Waals surface area contributed by atoms with E-state index < -0.39 is 34.2 Å². The van der Waals surface area contributed by atoms with Gasteiger partial charge in [-0.3, -0.25) is 4.72 Å². The van der Waals surface area contributed by atoms with Crippen molar-refractivity contribution in [1.29, 1.82) is 0 Å². The van der Waals surface area contributed by atoms with E-state index in [-0.39, 0.29) is 17.2 Å². The van der Waals surface area contributed by atoms with Crippen molar-refractivity contribution in [2.24, 2.45) is 0 Å². The molecule has 1 heterocycles. The molecule has 9 heteroatoms. The molecule has 0 unspecified atom stereocenters. The second kappa shape index (κ2) is 6.77. The Balaban J connectivity index is 2.42. The normalized spacial score (nSPS) is 19.1. The molecule has 1 fully saturated rings. The third kappa shape index (κ3) is 4.10. The van der Waals surface area contributed by atoms with Crippen LogP contribution in [0.5, 0.6) is 5.75 Å². The first-order valence-corrected chi connectivity index (χ1v) is 9.81. The Morgan fingerprint density at radius 2 is 1.76 bits per heavy atom. The highest BCUT2D eigenvalue weighted by Gasteiger charge is 2.52. The summed E-state index contributed by atoms with van der Waals surface area (Å²) in [6.07, 6.45) is 0.442. The summed E-state index contributed by atoms with van der Waals surface area (Å²) in [4.78, 5) is 0. The lowest BCUT2D eigenvalue weighted by atomic mass is 9.78. The van der Waals surface area contributed by atoms with Gasteiger partial charge < -0.3 is 14.0 Å². The van der Waals surface area contributed by atoms with Crippen molar-refractivity contribution in [3.63, 3.8) is 0 Å². The molecule has 25 heavy (non-hydrogen) atoms. The monoisotopic (exact) mass is 373 g/mol. The molecule has 0 radical (unpaired) electrons. The first-order chi connectivity index (χ1) is 11.4. The number of anilines is 1. The van der Waals surface area contributed by atoms with Gasteiger partial charge in [-0.05, 0) is 51.7 Å². The summed E-state index contributed by atoms with van der Waals surface area (Å²) >= 11 is 0. The molecular weight excluding hydrogens is 348 g/mol. The van der Waals surface area contributed by atoms with Crippen molar-refractivity contribution in [3.05, 3.63) is 17.9 Å². The minimum absolute atomic E-state index is 0.0284. The van der Waals surface area contributed by atoms with Crippen LogP contribution in [0.25, 0.3) is 0 Å². The Hall–Kier alpha value is -1.32. The van der Waals surface area contributed by atoms with E-state index in [1.165, 1.54) is 19.2 Å². The summed E-state index contributed by atoms with van der Waals surface area (Å²) in [5.74, 6) is -0.928. The maximum Gasteiger partial charge on any atom is 0.495 e. The highest BCUT2D eigenvalue weighted by atomic mass is 32.2. The standard InChI is InChI=1S/C16H25BFNO5S/c1-7-8-25(20,21)19-13-10-11(9-12(18)14(13)22-6)17-23-15(2,3)16(4,5)24-17/h9-10,19H,7-8H2,1-6H3. The van der Waals surface area contributed by atoms with Crippen LogP contribution < -0.4 is 14.9 Å². The van der Waals surface area contributed by atoms with Gasteiger partial charge in [-0.2, -0.15) is 0 Å². The van der Waals surface area contributed by atoms with Crippen LogP contribution in [-0.4, -0.2) is 39.6 Å². The zero-order chi connectivity index (χ0) is 19.0. The topological polar surface area (TPSA) is 73.9 Å². The molecule has 1 aliphatic rings. The zero-order valence-corrected chi connectivity index (χ0v) is 16.3. The van der Waals surface area contributed by atoms with Crippen LogP contribution in [-0.2, 0) is 19.3 Å². The Labute approximate surface area is 149 Å². The molecule has 0 saturated carbocycles. The van der Waals surface area contributed by atoms with E-state index in [0.717, 1.165) is 0 Å². The fourth-order valence-electron chi connectivity index (χ4n) is 2.50. The predicted molar refractivity (Wildman–Crippen MR) is 96.4 cm³/mol. The van der Waals surface area contributed by atoms with Crippen molar-refractivity contribution < 1.29 is 26.9 Å². The quantitative estimate of drug-likeness (QED) is 0.775. The van der Waals surface area contributed by atoms with Crippen LogP contribution >= 0.6 is 0 Å². The second-order valence-corrected chi connectivity index (χ2v) is 8.93. The third-order valence-electron chi connectivity index (χ3n) is 4.53. The van der Waals surface area contributed by atoms with E-state index in [4.69, 9.17) is 14.0 Å². The van der Waals surface area contributed by atoms with Gasteiger partial charge in [0.15, 0.2) is 11.6 Å². The van der Waals surface area contributed by atoms with Crippen LogP contribution in [0, 0.1) is 5.82 Å². The van der Waals surface area contributed by atoms with Gasteiger partial charge >= 0.3 is 7.12 Å². The number of nitrogens with one attached hydrogen (secondary N) is 1. The van der Waals surface area contributed by atoms with Gasteiger partial charge in [0.1, 0.15) is 0 Å². The summed E-state index contributed by atoms with van der Waals surface area (Å²) in [6.45, 7) is 9.29. The fraction of sp³-hybridized carbons (Fsp3) is 0.625. The van der Waals surface area contributed by atoms with Crippen LogP contribution in [0.1, 0.15) is 41.0 Å². The first-order valence-electron chi connectivity index (χ1n) is 8.16. The van der Waals surface area contributed by atoms with Crippen LogP contribution in [0.4, 0.5) is 10.1 Å². The molecule has 1 saturated heterocycles. The number of halogens is 1. The van der Waals surface area contributed by atoms with Gasteiger partial charge in [-0.1, -0.05) is 6.92 Å². The highest BCUT2D eigenvalue weighted by molar-refractivity contribution is 7.92. The lowest BCUT2D eigenvalue weighted by Gasteiger charge is -2.32. The smallest absolute Gasteiger partial charge is 0.492 e. The van der Waals surface area contributed by atoms with Gasteiger partial charge in [0.2, 0.25) is 10.0 Å². The second-order valence-electron chi connectivity index (χ2n) is 7.09. The summed E-state index contributed by atoms with van der Waals surface area (Å²) in [5, 5.41) is 0. The maximum absolute atomic E-state index is 14.4. The van der Waals surface area contributed by atoms with Crippen LogP contribution in [0.15, 0.2) is 12.1 Å². The molecule has 1 aromatic carbocycles. The van der Waals surface area contributed by atoms with Crippen molar-refractivity contribution >= 4 is 28.3 Å². The fourth-order valence-corrected chi connectivity index (χ4v) is 3.63.